The van der Waals surface area contributed by atoms with Gasteiger partial charge in [-0.1, -0.05) is 170 Å². The molecule has 0 unspecified atom stereocenters. The first-order valence-electron chi connectivity index (χ1n) is 24.7. The van der Waals surface area contributed by atoms with Crippen LogP contribution >= 0.6 is 45.3 Å². The molecule has 1 aliphatic carbocycles. The van der Waals surface area contributed by atoms with Gasteiger partial charge in [-0.2, -0.15) is 0 Å². The number of thiazole rings is 4. The molecule has 0 saturated carbocycles. The van der Waals surface area contributed by atoms with Gasteiger partial charge >= 0.3 is 0 Å². The Morgan fingerprint density at radius 2 is 0.459 bits per heavy atom. The maximum atomic E-state index is 5.23. The van der Waals surface area contributed by atoms with E-state index < -0.39 is 10.8 Å². The largest absolute Gasteiger partial charge is 0.236 e. The molecule has 15 rings (SSSR count). The number of para-hydroxylation sites is 4. The van der Waals surface area contributed by atoms with Gasteiger partial charge in [0.1, 0.15) is 20.0 Å². The van der Waals surface area contributed by atoms with E-state index in [1.54, 1.807) is 45.3 Å². The summed E-state index contributed by atoms with van der Waals surface area (Å²) in [6.45, 7) is 0. The van der Waals surface area contributed by atoms with Gasteiger partial charge in [0, 0.05) is 22.3 Å². The highest BCUT2D eigenvalue weighted by atomic mass is 32.1. The van der Waals surface area contributed by atoms with Gasteiger partial charge in [-0.05, 0) is 117 Å². The summed E-state index contributed by atoms with van der Waals surface area (Å²) in [5.74, 6) is 0. The van der Waals surface area contributed by atoms with Crippen molar-refractivity contribution in [2.24, 2.45) is 0 Å². The van der Waals surface area contributed by atoms with Crippen LogP contribution in [0.3, 0.4) is 0 Å². The molecule has 0 atom stereocenters. The van der Waals surface area contributed by atoms with Crippen LogP contribution in [0.5, 0.6) is 0 Å². The summed E-state index contributed by atoms with van der Waals surface area (Å²) in [6.07, 6.45) is 0. The lowest BCUT2D eigenvalue weighted by atomic mass is 9.50. The van der Waals surface area contributed by atoms with Crippen LogP contribution in [0.2, 0.25) is 0 Å². The molecule has 14 aromatic rings. The van der Waals surface area contributed by atoms with Crippen molar-refractivity contribution in [3.8, 4) is 42.3 Å². The molecule has 4 nitrogen and oxygen atoms in total. The first kappa shape index (κ1) is 43.4. The highest BCUT2D eigenvalue weighted by molar-refractivity contribution is 7.22. The van der Waals surface area contributed by atoms with Crippen molar-refractivity contribution in [2.45, 2.75) is 10.8 Å². The summed E-state index contributed by atoms with van der Waals surface area (Å²) >= 11 is 6.97. The second kappa shape index (κ2) is 17.2. The molecule has 0 aliphatic heterocycles. The van der Waals surface area contributed by atoms with Crippen molar-refractivity contribution >= 4 is 86.2 Å². The van der Waals surface area contributed by atoms with Crippen LogP contribution in [-0.4, -0.2) is 19.9 Å². The topological polar surface area (TPSA) is 51.6 Å². The third-order valence-corrected chi connectivity index (χ3v) is 19.2. The van der Waals surface area contributed by atoms with E-state index in [0.717, 1.165) is 86.6 Å². The molecule has 74 heavy (non-hydrogen) atoms. The van der Waals surface area contributed by atoms with E-state index in [0.29, 0.717) is 0 Å². The molecular formula is C66H40N4S4. The molecular weight excluding hydrogens is 977 g/mol. The maximum Gasteiger partial charge on any atom is 0.124 e. The van der Waals surface area contributed by atoms with E-state index in [-0.39, 0.29) is 0 Å². The minimum Gasteiger partial charge on any atom is -0.236 e. The monoisotopic (exact) mass is 1020 g/mol. The Hall–Kier alpha value is -8.24. The van der Waals surface area contributed by atoms with Crippen LogP contribution in [-0.2, 0) is 10.8 Å². The molecule has 4 heterocycles. The molecule has 0 saturated heterocycles. The molecule has 0 fully saturated rings. The van der Waals surface area contributed by atoms with E-state index in [9.17, 15) is 0 Å². The van der Waals surface area contributed by atoms with Crippen molar-refractivity contribution in [1.29, 1.82) is 0 Å². The molecule has 1 aliphatic rings. The summed E-state index contributed by atoms with van der Waals surface area (Å²) in [5.41, 5.74) is 16.2. The highest BCUT2D eigenvalue weighted by Crippen LogP contribution is 2.61. The van der Waals surface area contributed by atoms with Crippen molar-refractivity contribution in [3.63, 3.8) is 0 Å². The fourth-order valence-corrected chi connectivity index (χ4v) is 15.5. The van der Waals surface area contributed by atoms with Gasteiger partial charge in [-0.25, -0.2) is 19.9 Å². The Balaban J connectivity index is 1.04. The molecule has 0 amide bonds. The smallest absolute Gasteiger partial charge is 0.124 e. The normalized spacial score (nSPS) is 13.6. The predicted octanol–water partition coefficient (Wildman–Crippen LogP) is 17.9. The summed E-state index contributed by atoms with van der Waals surface area (Å²) in [7, 11) is 0. The number of rotatable bonds is 8. The zero-order chi connectivity index (χ0) is 48.8. The highest BCUT2D eigenvalue weighted by Gasteiger charge is 2.54. The van der Waals surface area contributed by atoms with Gasteiger partial charge in [0.05, 0.1) is 51.7 Å². The average molecular weight is 1020 g/mol. The quantitative estimate of drug-likeness (QED) is 0.152. The lowest BCUT2D eigenvalue weighted by molar-refractivity contribution is 0.616. The minimum atomic E-state index is -0.814. The number of nitrogens with zero attached hydrogens (tertiary/aromatic N) is 4. The van der Waals surface area contributed by atoms with Crippen molar-refractivity contribution < 1.29 is 0 Å². The lowest BCUT2D eigenvalue weighted by Gasteiger charge is -2.51. The second-order valence-electron chi connectivity index (χ2n) is 18.9. The molecule has 10 aromatic carbocycles. The molecule has 8 heteroatoms. The standard InChI is InChI=1S/C66H40N4S4/c1-2-26-50-49(25-1)65(45-21-13-17-41(37-45)61-67-53-29-5-9-33-57(53)71-61,46-22-14-18-42(38-46)62-68-54-30-6-10-34-58(54)72-62)51-27-3-4-28-52(51)66(50,47-23-15-19-43(39-47)63-69-55-31-7-11-35-59(55)73-63)48-24-16-20-44(40-48)64-70-56-32-8-12-36-60(56)74-64/h1-40H. The van der Waals surface area contributed by atoms with E-state index in [2.05, 4.69) is 243 Å². The third kappa shape index (κ3) is 6.69. The second-order valence-corrected chi connectivity index (χ2v) is 23.0. The number of benzene rings is 10. The van der Waals surface area contributed by atoms with Crippen LogP contribution < -0.4 is 0 Å². The van der Waals surface area contributed by atoms with Gasteiger partial charge in [0.25, 0.3) is 0 Å². The SMILES string of the molecule is c1cc(-c2nc3ccccc3s2)cc(C2(c3cccc(-c4nc5ccccc5s4)c3)c3ccccc3C(c3cccc(-c4nc5ccccc5s4)c3)(c3cccc(-c4nc5ccccc5s4)c3)c3ccccc32)c1. The first-order valence-corrected chi connectivity index (χ1v) is 27.9. The van der Waals surface area contributed by atoms with Crippen molar-refractivity contribution in [3.05, 3.63) is 287 Å². The average Bonchev–Trinajstić information content (AvgIpc) is 4.30. The van der Waals surface area contributed by atoms with Gasteiger partial charge in [-0.15, -0.1) is 45.3 Å². The number of aromatic nitrogens is 4. The molecule has 0 radical (unpaired) electrons. The summed E-state index contributed by atoms with van der Waals surface area (Å²) in [4.78, 5) is 20.9. The Labute approximate surface area is 443 Å². The van der Waals surface area contributed by atoms with Gasteiger partial charge in [0.2, 0.25) is 0 Å². The number of hydrogen-bond donors (Lipinski definition) is 0. The van der Waals surface area contributed by atoms with Crippen LogP contribution in [0.25, 0.3) is 83.2 Å². The minimum absolute atomic E-state index is 0.814. The third-order valence-electron chi connectivity index (χ3n) is 14.8. The van der Waals surface area contributed by atoms with Crippen LogP contribution in [0.15, 0.2) is 243 Å². The Bertz CT molecular complexity index is 3790. The van der Waals surface area contributed by atoms with Crippen LogP contribution in [0.1, 0.15) is 44.5 Å². The first-order chi connectivity index (χ1) is 36.6. The molecule has 0 spiro atoms. The van der Waals surface area contributed by atoms with E-state index in [1.165, 1.54) is 41.1 Å². The maximum absolute atomic E-state index is 5.23. The van der Waals surface area contributed by atoms with E-state index >= 15 is 0 Å². The fourth-order valence-electron chi connectivity index (χ4n) is 11.7. The molecule has 0 N–H and O–H groups in total. The Morgan fingerprint density at radius 3 is 0.703 bits per heavy atom. The van der Waals surface area contributed by atoms with Gasteiger partial charge < -0.3 is 0 Å². The zero-order valence-corrected chi connectivity index (χ0v) is 42.8. The van der Waals surface area contributed by atoms with Gasteiger partial charge in [0.15, 0.2) is 0 Å². The number of hydrogen-bond acceptors (Lipinski definition) is 8. The Kier molecular flexibility index (Phi) is 10.1. The van der Waals surface area contributed by atoms with Crippen LogP contribution in [0, 0.1) is 0 Å². The summed E-state index contributed by atoms with van der Waals surface area (Å²) < 4.78 is 4.69. The predicted molar refractivity (Wildman–Crippen MR) is 311 cm³/mol. The molecule has 348 valence electrons. The van der Waals surface area contributed by atoms with Crippen LogP contribution in [0.4, 0.5) is 0 Å². The van der Waals surface area contributed by atoms with E-state index in [4.69, 9.17) is 19.9 Å². The summed E-state index contributed by atoms with van der Waals surface area (Å²) in [5, 5.41) is 3.99. The van der Waals surface area contributed by atoms with Gasteiger partial charge in [-0.3, -0.25) is 0 Å². The van der Waals surface area contributed by atoms with Crippen molar-refractivity contribution in [2.75, 3.05) is 0 Å². The molecule has 0 bridgehead atoms. The van der Waals surface area contributed by atoms with E-state index in [1.807, 2.05) is 0 Å². The lowest BCUT2D eigenvalue weighted by Crippen LogP contribution is -2.45. The number of fused-ring (bicyclic) bond motifs is 6. The summed E-state index contributed by atoms with van der Waals surface area (Å²) in [6, 6.07) is 89.0. The fraction of sp³-hybridized carbons (Fsp3) is 0.0303. The molecule has 4 aromatic heterocycles. The van der Waals surface area contributed by atoms with Crippen molar-refractivity contribution in [1.82, 2.24) is 19.9 Å². The Morgan fingerprint density at radius 1 is 0.230 bits per heavy atom. The zero-order valence-electron chi connectivity index (χ0n) is 39.5.